The Hall–Kier alpha value is -3.06. The Balaban J connectivity index is 1.65. The van der Waals surface area contributed by atoms with Gasteiger partial charge in [-0.3, -0.25) is 19.7 Å². The standard InChI is InChI=1S/C23H23N3O3S/c1-4-19-20(14-9-8-12(2)13(3)10-14)25-23(30-19)26-22(29)16-11-15-17(24-21(16)28)6-5-7-18(15)27/h8-11H,4-7H2,1-3H3,(H,24,28)(H,25,26,29). The summed E-state index contributed by atoms with van der Waals surface area (Å²) in [6, 6.07) is 7.60. The van der Waals surface area contributed by atoms with E-state index in [-0.39, 0.29) is 11.3 Å². The molecule has 4 rings (SSSR count). The summed E-state index contributed by atoms with van der Waals surface area (Å²) in [7, 11) is 0. The second-order valence-electron chi connectivity index (χ2n) is 7.58. The van der Waals surface area contributed by atoms with E-state index in [1.807, 2.05) is 13.0 Å². The van der Waals surface area contributed by atoms with Gasteiger partial charge >= 0.3 is 0 Å². The van der Waals surface area contributed by atoms with Crippen LogP contribution in [0.4, 0.5) is 5.13 Å². The second-order valence-corrected chi connectivity index (χ2v) is 8.66. The molecule has 1 aromatic carbocycles. The van der Waals surface area contributed by atoms with Crippen molar-refractivity contribution in [2.24, 2.45) is 0 Å². The predicted molar refractivity (Wildman–Crippen MR) is 119 cm³/mol. The lowest BCUT2D eigenvalue weighted by Gasteiger charge is -2.14. The quantitative estimate of drug-likeness (QED) is 0.651. The number of anilines is 1. The molecule has 2 N–H and O–H groups in total. The number of fused-ring (bicyclic) bond motifs is 1. The Labute approximate surface area is 178 Å². The Morgan fingerprint density at radius 1 is 1.17 bits per heavy atom. The molecule has 3 aromatic rings. The average molecular weight is 422 g/mol. The number of carbonyl (C=O) groups is 2. The molecule has 0 saturated heterocycles. The monoisotopic (exact) mass is 421 g/mol. The van der Waals surface area contributed by atoms with Crippen molar-refractivity contribution in [3.05, 3.63) is 67.4 Å². The summed E-state index contributed by atoms with van der Waals surface area (Å²) in [4.78, 5) is 45.8. The predicted octanol–water partition coefficient (Wildman–Crippen LogP) is 4.45. The first-order valence-corrected chi connectivity index (χ1v) is 10.9. The van der Waals surface area contributed by atoms with Gasteiger partial charge in [0.15, 0.2) is 10.9 Å². The number of rotatable bonds is 4. The minimum absolute atomic E-state index is 0.0407. The molecule has 2 aromatic heterocycles. The number of benzene rings is 1. The summed E-state index contributed by atoms with van der Waals surface area (Å²) in [5.41, 5.74) is 4.75. The topological polar surface area (TPSA) is 91.9 Å². The van der Waals surface area contributed by atoms with Crippen molar-refractivity contribution >= 4 is 28.2 Å². The number of amides is 1. The highest BCUT2D eigenvalue weighted by molar-refractivity contribution is 7.16. The maximum atomic E-state index is 12.8. The molecule has 7 heteroatoms. The molecule has 0 bridgehead atoms. The third kappa shape index (κ3) is 3.73. The second kappa shape index (κ2) is 7.99. The molecular formula is C23H23N3O3S. The van der Waals surface area contributed by atoms with Gasteiger partial charge in [-0.1, -0.05) is 19.1 Å². The van der Waals surface area contributed by atoms with Crippen LogP contribution in [0.1, 0.15) is 62.2 Å². The van der Waals surface area contributed by atoms with E-state index in [4.69, 9.17) is 0 Å². The van der Waals surface area contributed by atoms with Gasteiger partial charge in [-0.2, -0.15) is 0 Å². The minimum Gasteiger partial charge on any atom is -0.325 e. The number of nitrogens with one attached hydrogen (secondary N) is 2. The van der Waals surface area contributed by atoms with Gasteiger partial charge in [-0.15, -0.1) is 11.3 Å². The van der Waals surface area contributed by atoms with Crippen molar-refractivity contribution in [3.63, 3.8) is 0 Å². The SMILES string of the molecule is CCc1sc(NC(=O)c2cc3c([nH]c2=O)CCCC3=O)nc1-c1ccc(C)c(C)c1. The molecule has 1 amide bonds. The first kappa shape index (κ1) is 20.2. The first-order chi connectivity index (χ1) is 14.4. The van der Waals surface area contributed by atoms with E-state index >= 15 is 0 Å². The highest BCUT2D eigenvalue weighted by atomic mass is 32.1. The van der Waals surface area contributed by atoms with Gasteiger partial charge in [-0.05, 0) is 56.4 Å². The molecule has 0 radical (unpaired) electrons. The van der Waals surface area contributed by atoms with Crippen LogP contribution in [-0.2, 0) is 12.8 Å². The number of aromatic amines is 1. The van der Waals surface area contributed by atoms with E-state index in [2.05, 4.69) is 41.3 Å². The fourth-order valence-electron chi connectivity index (χ4n) is 3.67. The zero-order valence-corrected chi connectivity index (χ0v) is 18.0. The molecule has 0 atom stereocenters. The van der Waals surface area contributed by atoms with Crippen molar-refractivity contribution < 1.29 is 9.59 Å². The summed E-state index contributed by atoms with van der Waals surface area (Å²) in [5, 5.41) is 3.19. The molecule has 0 unspecified atom stereocenters. The number of H-pyrrole nitrogens is 1. The lowest BCUT2D eigenvalue weighted by Crippen LogP contribution is -2.27. The van der Waals surface area contributed by atoms with E-state index in [0.717, 1.165) is 22.6 Å². The van der Waals surface area contributed by atoms with Crippen LogP contribution in [0.3, 0.4) is 0 Å². The van der Waals surface area contributed by atoms with Crippen LogP contribution < -0.4 is 10.9 Å². The van der Waals surface area contributed by atoms with E-state index in [9.17, 15) is 14.4 Å². The highest BCUT2D eigenvalue weighted by Gasteiger charge is 2.23. The Morgan fingerprint density at radius 2 is 1.97 bits per heavy atom. The van der Waals surface area contributed by atoms with Crippen LogP contribution in [0.15, 0.2) is 29.1 Å². The minimum atomic E-state index is -0.555. The maximum Gasteiger partial charge on any atom is 0.263 e. The van der Waals surface area contributed by atoms with Gasteiger partial charge in [-0.25, -0.2) is 4.98 Å². The molecule has 0 spiro atoms. The van der Waals surface area contributed by atoms with Crippen LogP contribution in [0, 0.1) is 13.8 Å². The highest BCUT2D eigenvalue weighted by Crippen LogP contribution is 2.32. The van der Waals surface area contributed by atoms with Crippen molar-refractivity contribution in [1.82, 2.24) is 9.97 Å². The van der Waals surface area contributed by atoms with Crippen molar-refractivity contribution in [1.29, 1.82) is 0 Å². The summed E-state index contributed by atoms with van der Waals surface area (Å²) in [5.74, 6) is -0.596. The molecule has 154 valence electrons. The van der Waals surface area contributed by atoms with E-state index in [1.165, 1.54) is 28.5 Å². The number of aromatic nitrogens is 2. The summed E-state index contributed by atoms with van der Waals surface area (Å²) in [6.07, 6.45) is 2.58. The fourth-order valence-corrected chi connectivity index (χ4v) is 4.59. The van der Waals surface area contributed by atoms with Crippen LogP contribution in [0.2, 0.25) is 0 Å². The number of aryl methyl sites for hydroxylation is 4. The zero-order valence-electron chi connectivity index (χ0n) is 17.2. The number of pyridine rings is 1. The summed E-state index contributed by atoms with van der Waals surface area (Å²) >= 11 is 1.40. The average Bonchev–Trinajstić information content (AvgIpc) is 3.12. The van der Waals surface area contributed by atoms with Crippen molar-refractivity contribution in [3.8, 4) is 11.3 Å². The van der Waals surface area contributed by atoms with Gasteiger partial charge in [0.1, 0.15) is 5.56 Å². The number of Topliss-reactive ketones (excluding diaryl/α,β-unsaturated/α-hetero) is 1. The van der Waals surface area contributed by atoms with Crippen LogP contribution in [0.5, 0.6) is 0 Å². The smallest absolute Gasteiger partial charge is 0.263 e. The zero-order chi connectivity index (χ0) is 21.4. The molecule has 2 heterocycles. The molecule has 0 aliphatic heterocycles. The fraction of sp³-hybridized carbons (Fsp3) is 0.304. The third-order valence-corrected chi connectivity index (χ3v) is 6.63. The van der Waals surface area contributed by atoms with Crippen LogP contribution >= 0.6 is 11.3 Å². The molecule has 1 aliphatic carbocycles. The summed E-state index contributed by atoms with van der Waals surface area (Å²) < 4.78 is 0. The molecule has 1 aliphatic rings. The number of hydrogen-bond donors (Lipinski definition) is 2. The lowest BCUT2D eigenvalue weighted by molar-refractivity contribution is 0.0971. The molecule has 0 fully saturated rings. The normalized spacial score (nSPS) is 13.2. The number of ketones is 1. The van der Waals surface area contributed by atoms with Crippen LogP contribution in [0.25, 0.3) is 11.3 Å². The number of thiazole rings is 1. The van der Waals surface area contributed by atoms with Crippen LogP contribution in [-0.4, -0.2) is 21.7 Å². The molecule has 6 nitrogen and oxygen atoms in total. The molecular weight excluding hydrogens is 398 g/mol. The Bertz CT molecular complexity index is 1220. The van der Waals surface area contributed by atoms with E-state index < -0.39 is 11.5 Å². The maximum absolute atomic E-state index is 12.8. The first-order valence-electron chi connectivity index (χ1n) is 10.1. The Kier molecular flexibility index (Phi) is 5.39. The summed E-state index contributed by atoms with van der Waals surface area (Å²) in [6.45, 7) is 6.17. The largest absolute Gasteiger partial charge is 0.325 e. The molecule has 30 heavy (non-hydrogen) atoms. The van der Waals surface area contributed by atoms with Gasteiger partial charge in [0.25, 0.3) is 11.5 Å². The number of carbonyl (C=O) groups excluding carboxylic acids is 2. The lowest BCUT2D eigenvalue weighted by atomic mass is 9.93. The van der Waals surface area contributed by atoms with Gasteiger partial charge in [0.2, 0.25) is 0 Å². The van der Waals surface area contributed by atoms with E-state index in [1.54, 1.807) is 0 Å². The third-order valence-electron chi connectivity index (χ3n) is 5.52. The number of hydrogen-bond acceptors (Lipinski definition) is 5. The van der Waals surface area contributed by atoms with Gasteiger partial charge in [0, 0.05) is 28.1 Å². The van der Waals surface area contributed by atoms with Gasteiger partial charge in [0.05, 0.1) is 5.69 Å². The Morgan fingerprint density at radius 3 is 2.70 bits per heavy atom. The van der Waals surface area contributed by atoms with E-state index in [0.29, 0.717) is 35.7 Å². The van der Waals surface area contributed by atoms with Crippen molar-refractivity contribution in [2.45, 2.75) is 46.5 Å². The van der Waals surface area contributed by atoms with Crippen molar-refractivity contribution in [2.75, 3.05) is 5.32 Å². The molecule has 0 saturated carbocycles. The number of nitrogens with zero attached hydrogens (tertiary/aromatic N) is 1. The van der Waals surface area contributed by atoms with Gasteiger partial charge < -0.3 is 4.98 Å².